The first-order valence-electron chi connectivity index (χ1n) is 9.97. The molecule has 1 aliphatic rings. The van der Waals surface area contributed by atoms with Gasteiger partial charge in [0.15, 0.2) is 0 Å². The van der Waals surface area contributed by atoms with Gasteiger partial charge in [0.25, 0.3) is 5.56 Å². The van der Waals surface area contributed by atoms with Crippen molar-refractivity contribution in [1.29, 1.82) is 0 Å². The lowest BCUT2D eigenvalue weighted by Crippen LogP contribution is -2.44. The highest BCUT2D eigenvalue weighted by molar-refractivity contribution is 7.18. The normalized spacial score (nSPS) is 15.2. The molecule has 2 aromatic heterocycles. The van der Waals surface area contributed by atoms with Gasteiger partial charge in [-0.25, -0.2) is 9.36 Å². The van der Waals surface area contributed by atoms with Gasteiger partial charge < -0.3 is 4.90 Å². The zero-order chi connectivity index (χ0) is 20.7. The predicted octanol–water partition coefficient (Wildman–Crippen LogP) is 3.09. The molecule has 1 fully saturated rings. The Bertz CT molecular complexity index is 1180. The van der Waals surface area contributed by atoms with Gasteiger partial charge in [0, 0.05) is 18.0 Å². The summed E-state index contributed by atoms with van der Waals surface area (Å²) in [5.74, 6) is 0.554. The number of carbonyl (C=O) groups excluding carboxylic acids is 1. The van der Waals surface area contributed by atoms with Crippen LogP contribution in [0.2, 0.25) is 0 Å². The Labute approximate surface area is 173 Å². The van der Waals surface area contributed by atoms with Crippen molar-refractivity contribution in [2.75, 3.05) is 13.1 Å². The number of piperidine rings is 1. The van der Waals surface area contributed by atoms with Gasteiger partial charge in [-0.1, -0.05) is 25.1 Å². The quantitative estimate of drug-likeness (QED) is 0.665. The van der Waals surface area contributed by atoms with E-state index in [1.165, 1.54) is 20.5 Å². The van der Waals surface area contributed by atoms with Crippen LogP contribution in [0.25, 0.3) is 15.9 Å². The van der Waals surface area contributed by atoms with Gasteiger partial charge in [-0.05, 0) is 50.3 Å². The van der Waals surface area contributed by atoms with E-state index in [-0.39, 0.29) is 18.0 Å². The molecule has 29 heavy (non-hydrogen) atoms. The van der Waals surface area contributed by atoms with Crippen LogP contribution >= 0.6 is 11.3 Å². The van der Waals surface area contributed by atoms with E-state index in [1.807, 2.05) is 24.8 Å². The maximum Gasteiger partial charge on any atom is 0.337 e. The number of aryl methyl sites for hydroxylation is 2. The summed E-state index contributed by atoms with van der Waals surface area (Å²) in [6.07, 6.45) is 1.97. The van der Waals surface area contributed by atoms with Gasteiger partial charge in [-0.2, -0.15) is 0 Å². The minimum atomic E-state index is -0.464. The third-order valence-electron chi connectivity index (χ3n) is 5.90. The van der Waals surface area contributed by atoms with Crippen LogP contribution in [-0.2, 0) is 11.3 Å². The molecule has 1 aliphatic heterocycles. The molecule has 0 saturated carbocycles. The number of carbonyl (C=O) groups is 1. The summed E-state index contributed by atoms with van der Waals surface area (Å²) >= 11 is 1.41. The fourth-order valence-corrected chi connectivity index (χ4v) is 5.04. The smallest absolute Gasteiger partial charge is 0.337 e. The number of aromatic nitrogens is 2. The van der Waals surface area contributed by atoms with Gasteiger partial charge in [0.2, 0.25) is 5.91 Å². The molecule has 6 nitrogen and oxygen atoms in total. The van der Waals surface area contributed by atoms with Gasteiger partial charge in [0.1, 0.15) is 11.4 Å². The lowest BCUT2D eigenvalue weighted by Gasteiger charge is -2.30. The lowest BCUT2D eigenvalue weighted by atomic mass is 9.99. The van der Waals surface area contributed by atoms with Gasteiger partial charge in [0.05, 0.1) is 11.1 Å². The first-order valence-corrected chi connectivity index (χ1v) is 10.8. The zero-order valence-electron chi connectivity index (χ0n) is 17.0. The largest absolute Gasteiger partial charge is 0.341 e. The first-order chi connectivity index (χ1) is 13.9. The lowest BCUT2D eigenvalue weighted by molar-refractivity contribution is -0.133. The van der Waals surface area contributed by atoms with Gasteiger partial charge in [-0.3, -0.25) is 14.2 Å². The minimum absolute atomic E-state index is 0.0454. The van der Waals surface area contributed by atoms with Gasteiger partial charge in [-0.15, -0.1) is 11.3 Å². The molecule has 3 heterocycles. The van der Waals surface area contributed by atoms with Crippen molar-refractivity contribution in [3.63, 3.8) is 0 Å². The number of rotatable bonds is 3. The van der Waals surface area contributed by atoms with Crippen LogP contribution in [0.3, 0.4) is 0 Å². The highest BCUT2D eigenvalue weighted by Gasteiger charge is 2.24. The van der Waals surface area contributed by atoms with Crippen molar-refractivity contribution in [3.05, 3.63) is 61.6 Å². The topological polar surface area (TPSA) is 64.3 Å². The van der Waals surface area contributed by atoms with Crippen molar-refractivity contribution >= 4 is 27.5 Å². The second-order valence-electron chi connectivity index (χ2n) is 7.87. The molecule has 0 N–H and O–H groups in total. The molecule has 4 rings (SSSR count). The van der Waals surface area contributed by atoms with Crippen LogP contribution in [0.5, 0.6) is 0 Å². The second kappa shape index (κ2) is 7.63. The van der Waals surface area contributed by atoms with Crippen molar-refractivity contribution in [2.24, 2.45) is 5.92 Å². The van der Waals surface area contributed by atoms with Crippen LogP contribution in [0.1, 0.15) is 30.2 Å². The Morgan fingerprint density at radius 2 is 1.76 bits per heavy atom. The fraction of sp³-hybridized carbons (Fsp3) is 0.409. The average Bonchev–Trinajstić information content (AvgIpc) is 3.01. The van der Waals surface area contributed by atoms with E-state index in [1.54, 1.807) is 24.3 Å². The molecule has 1 aromatic carbocycles. The summed E-state index contributed by atoms with van der Waals surface area (Å²) in [6.45, 7) is 7.43. The predicted molar refractivity (Wildman–Crippen MR) is 116 cm³/mol. The number of benzene rings is 1. The molecule has 1 amide bonds. The maximum atomic E-state index is 13.4. The summed E-state index contributed by atoms with van der Waals surface area (Å²) in [6, 6.07) is 8.90. The highest BCUT2D eigenvalue weighted by Crippen LogP contribution is 2.27. The summed E-state index contributed by atoms with van der Waals surface area (Å²) < 4.78 is 2.67. The maximum absolute atomic E-state index is 13.4. The summed E-state index contributed by atoms with van der Waals surface area (Å²) in [5.41, 5.74) is 0.593. The number of nitrogens with zero attached hydrogens (tertiary/aromatic N) is 3. The highest BCUT2D eigenvalue weighted by atomic mass is 32.1. The molecular weight excluding hydrogens is 386 g/mol. The SMILES string of the molecule is Cc1sc2c(c1C)c(=O)n(-c1ccccc1)c(=O)n2CC(=O)N1CCC(C)CC1. The molecule has 0 radical (unpaired) electrons. The monoisotopic (exact) mass is 411 g/mol. The molecular formula is C22H25N3O3S. The second-order valence-corrected chi connectivity index (χ2v) is 9.07. The standard InChI is InChI=1S/C22H25N3O3S/c1-14-9-11-23(12-10-14)18(26)13-24-21-19(15(2)16(3)29-21)20(27)25(22(24)28)17-7-5-4-6-8-17/h4-8,14H,9-13H2,1-3H3. The van der Waals surface area contributed by atoms with E-state index in [2.05, 4.69) is 6.92 Å². The Hall–Kier alpha value is -2.67. The molecule has 0 bridgehead atoms. The van der Waals surface area contributed by atoms with Crippen LogP contribution in [0.4, 0.5) is 0 Å². The van der Waals surface area contributed by atoms with E-state index in [4.69, 9.17) is 0 Å². The summed E-state index contributed by atoms with van der Waals surface area (Å²) in [4.78, 5) is 43.0. The van der Waals surface area contributed by atoms with E-state index < -0.39 is 5.69 Å². The number of thiophene rings is 1. The number of amides is 1. The molecule has 0 spiro atoms. The van der Waals surface area contributed by atoms with E-state index in [9.17, 15) is 14.4 Å². The van der Waals surface area contributed by atoms with Crippen molar-refractivity contribution in [1.82, 2.24) is 14.0 Å². The van der Waals surface area contributed by atoms with Crippen LogP contribution in [0.15, 0.2) is 39.9 Å². The van der Waals surface area contributed by atoms with E-state index in [0.717, 1.165) is 36.4 Å². The zero-order valence-corrected chi connectivity index (χ0v) is 17.8. The van der Waals surface area contributed by atoms with Crippen molar-refractivity contribution in [3.8, 4) is 5.69 Å². The Kier molecular flexibility index (Phi) is 5.17. The van der Waals surface area contributed by atoms with Gasteiger partial charge >= 0.3 is 5.69 Å². The number of likely N-dealkylation sites (tertiary alicyclic amines) is 1. The third kappa shape index (κ3) is 3.44. The minimum Gasteiger partial charge on any atom is -0.341 e. The number of hydrogen-bond acceptors (Lipinski definition) is 4. The number of fused-ring (bicyclic) bond motifs is 1. The number of hydrogen-bond donors (Lipinski definition) is 0. The molecule has 0 unspecified atom stereocenters. The Morgan fingerprint density at radius 3 is 2.41 bits per heavy atom. The van der Waals surface area contributed by atoms with Crippen molar-refractivity contribution in [2.45, 2.75) is 40.2 Å². The molecule has 152 valence electrons. The van der Waals surface area contributed by atoms with Crippen LogP contribution < -0.4 is 11.2 Å². The first kappa shape index (κ1) is 19.6. The molecule has 3 aromatic rings. The van der Waals surface area contributed by atoms with E-state index >= 15 is 0 Å². The molecule has 0 aliphatic carbocycles. The molecule has 7 heteroatoms. The van der Waals surface area contributed by atoms with Crippen LogP contribution in [0, 0.1) is 19.8 Å². The summed E-state index contributed by atoms with van der Waals surface area (Å²) in [7, 11) is 0. The molecule has 0 atom stereocenters. The molecule has 1 saturated heterocycles. The van der Waals surface area contributed by atoms with Crippen molar-refractivity contribution < 1.29 is 4.79 Å². The average molecular weight is 412 g/mol. The van der Waals surface area contributed by atoms with E-state index in [0.29, 0.717) is 21.8 Å². The Morgan fingerprint density at radius 1 is 1.10 bits per heavy atom. The fourth-order valence-electron chi connectivity index (χ4n) is 3.89. The van der Waals surface area contributed by atoms with Crippen LogP contribution in [-0.4, -0.2) is 33.0 Å². The third-order valence-corrected chi connectivity index (χ3v) is 7.13. The Balaban J connectivity index is 1.87. The summed E-state index contributed by atoms with van der Waals surface area (Å²) in [5, 5.41) is 0.524. The number of para-hydroxylation sites is 1.